The lowest BCUT2D eigenvalue weighted by atomic mass is 10.1. The van der Waals surface area contributed by atoms with Crippen molar-refractivity contribution >= 4 is 40.2 Å². The average molecular weight is 342 g/mol. The fourth-order valence-corrected chi connectivity index (χ4v) is 3.34. The van der Waals surface area contributed by atoms with Crippen LogP contribution in [0.5, 0.6) is 0 Å². The Balaban J connectivity index is 2.01. The quantitative estimate of drug-likeness (QED) is 0.630. The first-order valence-electron chi connectivity index (χ1n) is 6.14. The third-order valence-corrected chi connectivity index (χ3v) is 4.57. The molecule has 0 aliphatic carbocycles. The van der Waals surface area contributed by atoms with Gasteiger partial charge in [-0.15, -0.1) is 11.3 Å². The highest BCUT2D eigenvalue weighted by atomic mass is 35.5. The van der Waals surface area contributed by atoms with Crippen molar-refractivity contribution < 1.29 is 8.81 Å². The van der Waals surface area contributed by atoms with Gasteiger partial charge < -0.3 is 9.73 Å². The molecule has 21 heavy (non-hydrogen) atoms. The zero-order valence-corrected chi connectivity index (χ0v) is 13.0. The number of rotatable bonds is 4. The molecule has 0 fully saturated rings. The van der Waals surface area contributed by atoms with Gasteiger partial charge in [0.15, 0.2) is 0 Å². The van der Waals surface area contributed by atoms with Crippen LogP contribution >= 0.6 is 34.5 Å². The third kappa shape index (κ3) is 3.07. The van der Waals surface area contributed by atoms with Gasteiger partial charge in [0.1, 0.15) is 17.6 Å². The van der Waals surface area contributed by atoms with Crippen LogP contribution in [0.3, 0.4) is 0 Å². The van der Waals surface area contributed by atoms with E-state index in [9.17, 15) is 4.39 Å². The molecule has 1 aromatic carbocycles. The summed E-state index contributed by atoms with van der Waals surface area (Å²) in [6, 6.07) is 11.5. The lowest BCUT2D eigenvalue weighted by molar-refractivity contribution is 0.499. The Morgan fingerprint density at radius 2 is 1.95 bits per heavy atom. The van der Waals surface area contributed by atoms with E-state index in [1.807, 2.05) is 12.1 Å². The maximum Gasteiger partial charge on any atom is 0.147 e. The summed E-state index contributed by atoms with van der Waals surface area (Å²) in [5.74, 6) is 0.245. The van der Waals surface area contributed by atoms with Crippen molar-refractivity contribution in [2.75, 3.05) is 5.32 Å². The van der Waals surface area contributed by atoms with Gasteiger partial charge in [-0.25, -0.2) is 4.39 Å². The minimum atomic E-state index is -0.415. The molecule has 0 bridgehead atoms. The molecule has 108 valence electrons. The van der Waals surface area contributed by atoms with E-state index in [0.29, 0.717) is 15.1 Å². The van der Waals surface area contributed by atoms with Crippen LogP contribution in [0.2, 0.25) is 9.36 Å². The molecule has 0 saturated carbocycles. The van der Waals surface area contributed by atoms with Crippen LogP contribution < -0.4 is 5.32 Å². The molecule has 6 heteroatoms. The van der Waals surface area contributed by atoms with Crippen LogP contribution in [-0.2, 0) is 0 Å². The fourth-order valence-electron chi connectivity index (χ4n) is 2.00. The lowest BCUT2D eigenvalue weighted by Gasteiger charge is -2.18. The van der Waals surface area contributed by atoms with Gasteiger partial charge in [0.25, 0.3) is 0 Å². The van der Waals surface area contributed by atoms with Crippen LogP contribution in [-0.4, -0.2) is 0 Å². The Hall–Kier alpha value is -1.49. The molecule has 0 amide bonds. The van der Waals surface area contributed by atoms with E-state index in [1.54, 1.807) is 30.5 Å². The standard InChI is InChI=1S/C15H10Cl2FNOS/c16-9-3-1-4-10(18)14(9)19-15(11-5-2-8-20-11)12-6-7-13(17)21-12/h1-8,15,19H. The highest BCUT2D eigenvalue weighted by molar-refractivity contribution is 7.16. The molecule has 2 aromatic heterocycles. The van der Waals surface area contributed by atoms with Gasteiger partial charge in [0, 0.05) is 4.88 Å². The fraction of sp³-hybridized carbons (Fsp3) is 0.0667. The van der Waals surface area contributed by atoms with Gasteiger partial charge in [-0.1, -0.05) is 29.3 Å². The SMILES string of the molecule is Fc1cccc(Cl)c1NC(c1ccco1)c1ccc(Cl)s1. The van der Waals surface area contributed by atoms with Gasteiger partial charge in [-0.3, -0.25) is 0 Å². The third-order valence-electron chi connectivity index (χ3n) is 2.96. The number of halogens is 3. The van der Waals surface area contributed by atoms with E-state index < -0.39 is 5.82 Å². The number of hydrogen-bond acceptors (Lipinski definition) is 3. The highest BCUT2D eigenvalue weighted by Crippen LogP contribution is 2.36. The second-order valence-corrected chi connectivity index (χ2v) is 6.49. The maximum absolute atomic E-state index is 14.0. The summed E-state index contributed by atoms with van der Waals surface area (Å²) in [6.45, 7) is 0. The molecule has 0 radical (unpaired) electrons. The van der Waals surface area contributed by atoms with Crippen molar-refractivity contribution in [2.24, 2.45) is 0 Å². The molecule has 1 N–H and O–H groups in total. The van der Waals surface area contributed by atoms with Gasteiger partial charge in [-0.05, 0) is 36.4 Å². The molecule has 0 saturated heterocycles. The Kier molecular flexibility index (Phi) is 4.19. The van der Waals surface area contributed by atoms with Gasteiger partial charge in [0.2, 0.25) is 0 Å². The summed E-state index contributed by atoms with van der Waals surface area (Å²) >= 11 is 13.5. The first kappa shape index (κ1) is 14.4. The largest absolute Gasteiger partial charge is 0.467 e. The van der Waals surface area contributed by atoms with E-state index in [1.165, 1.54) is 17.4 Å². The van der Waals surface area contributed by atoms with Crippen molar-refractivity contribution in [2.45, 2.75) is 6.04 Å². The summed E-state index contributed by atoms with van der Waals surface area (Å²) in [4.78, 5) is 0.911. The summed E-state index contributed by atoms with van der Waals surface area (Å²) in [7, 11) is 0. The van der Waals surface area contributed by atoms with Crippen LogP contribution in [0, 0.1) is 5.82 Å². The Labute approximate surface area is 135 Å². The van der Waals surface area contributed by atoms with E-state index in [4.69, 9.17) is 27.6 Å². The molecule has 2 nitrogen and oxygen atoms in total. The van der Waals surface area contributed by atoms with E-state index in [2.05, 4.69) is 5.32 Å². The molecule has 0 spiro atoms. The second-order valence-electron chi connectivity index (χ2n) is 4.33. The number of para-hydroxylation sites is 1. The molecule has 0 aliphatic heterocycles. The summed E-state index contributed by atoms with van der Waals surface area (Å²) in [5.41, 5.74) is 0.241. The number of anilines is 1. The number of thiophene rings is 1. The summed E-state index contributed by atoms with van der Waals surface area (Å²) in [5, 5.41) is 3.41. The van der Waals surface area contributed by atoms with E-state index in [-0.39, 0.29) is 11.7 Å². The second kappa shape index (κ2) is 6.10. The van der Waals surface area contributed by atoms with Crippen molar-refractivity contribution in [1.82, 2.24) is 0 Å². The topological polar surface area (TPSA) is 25.2 Å². The first-order chi connectivity index (χ1) is 10.1. The molecular formula is C15H10Cl2FNOS. The minimum absolute atomic E-state index is 0.241. The normalized spacial score (nSPS) is 12.3. The number of nitrogens with one attached hydrogen (secondary N) is 1. The maximum atomic E-state index is 14.0. The van der Waals surface area contributed by atoms with Crippen molar-refractivity contribution in [3.8, 4) is 0 Å². The van der Waals surface area contributed by atoms with Gasteiger partial charge >= 0.3 is 0 Å². The molecule has 2 heterocycles. The first-order valence-corrected chi connectivity index (χ1v) is 7.71. The van der Waals surface area contributed by atoms with Gasteiger partial charge in [0.05, 0.1) is 21.3 Å². The Bertz CT molecular complexity index is 722. The molecule has 1 unspecified atom stereocenters. The minimum Gasteiger partial charge on any atom is -0.467 e. The summed E-state index contributed by atoms with van der Waals surface area (Å²) in [6.07, 6.45) is 1.57. The predicted octanol–water partition coefficient (Wildman–Crippen LogP) is 5.99. The highest BCUT2D eigenvalue weighted by Gasteiger charge is 2.21. The van der Waals surface area contributed by atoms with Crippen LogP contribution in [0.4, 0.5) is 10.1 Å². The number of benzene rings is 1. The number of furan rings is 1. The molecule has 1 atom stereocenters. The van der Waals surface area contributed by atoms with Gasteiger partial charge in [-0.2, -0.15) is 0 Å². The Morgan fingerprint density at radius 1 is 1.10 bits per heavy atom. The van der Waals surface area contributed by atoms with E-state index in [0.717, 1.165) is 4.88 Å². The zero-order chi connectivity index (χ0) is 14.8. The molecular weight excluding hydrogens is 332 g/mol. The van der Waals surface area contributed by atoms with Crippen LogP contribution in [0.1, 0.15) is 16.7 Å². The van der Waals surface area contributed by atoms with Crippen molar-refractivity contribution in [1.29, 1.82) is 0 Å². The van der Waals surface area contributed by atoms with Crippen LogP contribution in [0.25, 0.3) is 0 Å². The lowest BCUT2D eigenvalue weighted by Crippen LogP contribution is -2.11. The van der Waals surface area contributed by atoms with Crippen LogP contribution in [0.15, 0.2) is 53.1 Å². The van der Waals surface area contributed by atoms with Crippen molar-refractivity contribution in [3.05, 3.63) is 74.5 Å². The smallest absolute Gasteiger partial charge is 0.147 e. The van der Waals surface area contributed by atoms with Crippen molar-refractivity contribution in [3.63, 3.8) is 0 Å². The molecule has 0 aliphatic rings. The predicted molar refractivity (Wildman–Crippen MR) is 84.9 cm³/mol. The Morgan fingerprint density at radius 3 is 2.57 bits per heavy atom. The zero-order valence-electron chi connectivity index (χ0n) is 10.6. The monoisotopic (exact) mass is 341 g/mol. The average Bonchev–Trinajstić information content (AvgIpc) is 3.10. The molecule has 3 rings (SSSR count). The summed E-state index contributed by atoms with van der Waals surface area (Å²) < 4.78 is 20.1. The number of hydrogen-bond donors (Lipinski definition) is 1. The van der Waals surface area contributed by atoms with E-state index >= 15 is 0 Å². The molecule has 3 aromatic rings.